The zero-order chi connectivity index (χ0) is 20.1. The molecule has 0 bridgehead atoms. The Labute approximate surface area is 168 Å². The van der Waals surface area contributed by atoms with E-state index in [9.17, 15) is 9.59 Å². The maximum atomic E-state index is 12.9. The van der Waals surface area contributed by atoms with Crippen molar-refractivity contribution in [3.05, 3.63) is 112 Å². The molecule has 0 fully saturated rings. The van der Waals surface area contributed by atoms with Crippen molar-refractivity contribution in [2.75, 3.05) is 6.54 Å². The van der Waals surface area contributed by atoms with Crippen molar-refractivity contribution in [3.63, 3.8) is 0 Å². The summed E-state index contributed by atoms with van der Waals surface area (Å²) >= 11 is 0. The summed E-state index contributed by atoms with van der Waals surface area (Å²) in [6.07, 6.45) is 0.730. The van der Waals surface area contributed by atoms with E-state index in [2.05, 4.69) is 10.4 Å². The van der Waals surface area contributed by atoms with Gasteiger partial charge in [-0.2, -0.15) is 5.10 Å². The number of aromatic nitrogens is 2. The van der Waals surface area contributed by atoms with E-state index in [1.807, 2.05) is 66.7 Å². The number of carbonyl (C=O) groups is 1. The maximum absolute atomic E-state index is 12.9. The van der Waals surface area contributed by atoms with Gasteiger partial charge in [-0.15, -0.1) is 0 Å². The van der Waals surface area contributed by atoms with E-state index >= 15 is 0 Å². The molecule has 0 aliphatic heterocycles. The number of fused-ring (bicyclic) bond motifs is 1. The third kappa shape index (κ3) is 4.24. The first-order valence-electron chi connectivity index (χ1n) is 9.58. The average Bonchev–Trinajstić information content (AvgIpc) is 2.77. The molecule has 0 atom stereocenters. The highest BCUT2D eigenvalue weighted by Crippen LogP contribution is 2.14. The summed E-state index contributed by atoms with van der Waals surface area (Å²) in [5.41, 5.74) is 2.17. The van der Waals surface area contributed by atoms with Crippen molar-refractivity contribution in [3.8, 4) is 0 Å². The molecule has 1 heterocycles. The number of rotatable bonds is 6. The molecule has 29 heavy (non-hydrogen) atoms. The molecule has 5 nitrogen and oxygen atoms in total. The van der Waals surface area contributed by atoms with E-state index in [1.54, 1.807) is 18.2 Å². The number of amides is 1. The Kier molecular flexibility index (Phi) is 5.47. The molecule has 0 spiro atoms. The zero-order valence-electron chi connectivity index (χ0n) is 15.9. The molecule has 0 aliphatic rings. The topological polar surface area (TPSA) is 64.0 Å². The second-order valence-corrected chi connectivity index (χ2v) is 6.83. The van der Waals surface area contributed by atoms with Gasteiger partial charge in [0.1, 0.15) is 0 Å². The molecule has 0 radical (unpaired) electrons. The van der Waals surface area contributed by atoms with Crippen LogP contribution in [0.5, 0.6) is 0 Å². The Balaban J connectivity index is 1.63. The molecule has 0 saturated carbocycles. The molecule has 1 N–H and O–H groups in total. The monoisotopic (exact) mass is 383 g/mol. The maximum Gasteiger partial charge on any atom is 0.274 e. The number of benzene rings is 3. The predicted octanol–water partition coefficient (Wildman–Crippen LogP) is 3.42. The van der Waals surface area contributed by atoms with Gasteiger partial charge in [0.15, 0.2) is 5.69 Å². The Morgan fingerprint density at radius 2 is 1.38 bits per heavy atom. The van der Waals surface area contributed by atoms with Crippen LogP contribution in [0.1, 0.15) is 21.6 Å². The molecule has 0 aliphatic carbocycles. The van der Waals surface area contributed by atoms with Crippen LogP contribution in [-0.4, -0.2) is 22.2 Å². The van der Waals surface area contributed by atoms with Gasteiger partial charge in [0, 0.05) is 11.9 Å². The lowest BCUT2D eigenvalue weighted by Gasteiger charge is -2.11. The highest BCUT2D eigenvalue weighted by atomic mass is 16.2. The van der Waals surface area contributed by atoms with Gasteiger partial charge in [0.25, 0.3) is 11.5 Å². The SMILES string of the molecule is O=C(NCCc1ccccc1)c1nn(Cc2ccccc2)c(=O)c2ccccc12. The van der Waals surface area contributed by atoms with Crippen molar-refractivity contribution in [2.24, 2.45) is 0 Å². The minimum absolute atomic E-state index is 0.203. The lowest BCUT2D eigenvalue weighted by Crippen LogP contribution is -2.32. The Morgan fingerprint density at radius 1 is 0.793 bits per heavy atom. The third-order valence-electron chi connectivity index (χ3n) is 4.80. The molecule has 4 aromatic rings. The van der Waals surface area contributed by atoms with Crippen molar-refractivity contribution >= 4 is 16.7 Å². The summed E-state index contributed by atoms with van der Waals surface area (Å²) in [6.45, 7) is 0.811. The van der Waals surface area contributed by atoms with E-state index in [0.717, 1.165) is 17.5 Å². The van der Waals surface area contributed by atoms with Gasteiger partial charge >= 0.3 is 0 Å². The minimum Gasteiger partial charge on any atom is -0.350 e. The number of hydrogen-bond donors (Lipinski definition) is 1. The molecule has 1 aromatic heterocycles. The normalized spacial score (nSPS) is 10.8. The van der Waals surface area contributed by atoms with Gasteiger partial charge < -0.3 is 5.32 Å². The van der Waals surface area contributed by atoms with E-state index in [-0.39, 0.29) is 17.2 Å². The number of carbonyl (C=O) groups excluding carboxylic acids is 1. The van der Waals surface area contributed by atoms with Gasteiger partial charge in [-0.25, -0.2) is 4.68 Å². The van der Waals surface area contributed by atoms with Crippen LogP contribution in [0.2, 0.25) is 0 Å². The number of nitrogens with zero attached hydrogens (tertiary/aromatic N) is 2. The van der Waals surface area contributed by atoms with Crippen molar-refractivity contribution < 1.29 is 4.79 Å². The summed E-state index contributed by atoms with van der Waals surface area (Å²) in [6, 6.07) is 26.7. The summed E-state index contributed by atoms with van der Waals surface area (Å²) in [4.78, 5) is 25.8. The molecular formula is C24H21N3O2. The highest BCUT2D eigenvalue weighted by Gasteiger charge is 2.16. The first-order valence-corrected chi connectivity index (χ1v) is 9.58. The van der Waals surface area contributed by atoms with E-state index < -0.39 is 0 Å². The molecule has 4 rings (SSSR count). The Bertz CT molecular complexity index is 1190. The van der Waals surface area contributed by atoms with Crippen molar-refractivity contribution in [1.82, 2.24) is 15.1 Å². The molecule has 3 aromatic carbocycles. The second kappa shape index (κ2) is 8.52. The van der Waals surface area contributed by atoms with Crippen LogP contribution in [0.25, 0.3) is 10.8 Å². The number of hydrogen-bond acceptors (Lipinski definition) is 3. The van der Waals surface area contributed by atoms with Gasteiger partial charge in [0.2, 0.25) is 0 Å². The number of nitrogens with one attached hydrogen (secondary N) is 1. The van der Waals surface area contributed by atoms with Crippen LogP contribution >= 0.6 is 0 Å². The van der Waals surface area contributed by atoms with Gasteiger partial charge in [0.05, 0.1) is 11.9 Å². The lowest BCUT2D eigenvalue weighted by molar-refractivity contribution is 0.0948. The van der Waals surface area contributed by atoms with Gasteiger partial charge in [-0.3, -0.25) is 9.59 Å². The molecule has 5 heteroatoms. The standard InChI is InChI=1S/C24H21N3O2/c28-23(25-16-15-18-9-3-1-4-10-18)22-20-13-7-8-14-21(20)24(29)27(26-22)17-19-11-5-2-6-12-19/h1-14H,15-17H2,(H,25,28). The van der Waals surface area contributed by atoms with Crippen LogP contribution < -0.4 is 10.9 Å². The molecule has 144 valence electrons. The predicted molar refractivity (Wildman–Crippen MR) is 114 cm³/mol. The van der Waals surface area contributed by atoms with Crippen molar-refractivity contribution in [1.29, 1.82) is 0 Å². The van der Waals surface area contributed by atoms with Crippen LogP contribution in [0.4, 0.5) is 0 Å². The lowest BCUT2D eigenvalue weighted by atomic mass is 10.1. The molecule has 0 unspecified atom stereocenters. The smallest absolute Gasteiger partial charge is 0.274 e. The first-order chi connectivity index (χ1) is 14.2. The van der Waals surface area contributed by atoms with Crippen LogP contribution in [0.15, 0.2) is 89.7 Å². The first kappa shape index (κ1) is 18.6. The van der Waals surface area contributed by atoms with Gasteiger partial charge in [-0.1, -0.05) is 78.9 Å². The molecule has 0 saturated heterocycles. The zero-order valence-corrected chi connectivity index (χ0v) is 15.9. The minimum atomic E-state index is -0.279. The highest BCUT2D eigenvalue weighted by molar-refractivity contribution is 6.04. The summed E-state index contributed by atoms with van der Waals surface area (Å²) < 4.78 is 1.36. The van der Waals surface area contributed by atoms with Crippen LogP contribution in [0, 0.1) is 0 Å². The van der Waals surface area contributed by atoms with E-state index in [0.29, 0.717) is 23.9 Å². The van der Waals surface area contributed by atoms with Crippen molar-refractivity contribution in [2.45, 2.75) is 13.0 Å². The van der Waals surface area contributed by atoms with Gasteiger partial charge in [-0.05, 0) is 23.6 Å². The Morgan fingerprint density at radius 3 is 2.07 bits per heavy atom. The van der Waals surface area contributed by atoms with E-state index in [1.165, 1.54) is 4.68 Å². The summed E-state index contributed by atoms with van der Waals surface area (Å²) in [5, 5.41) is 8.41. The third-order valence-corrected chi connectivity index (χ3v) is 4.80. The summed E-state index contributed by atoms with van der Waals surface area (Å²) in [7, 11) is 0. The second-order valence-electron chi connectivity index (χ2n) is 6.83. The van der Waals surface area contributed by atoms with Crippen LogP contribution in [-0.2, 0) is 13.0 Å². The fraction of sp³-hybridized carbons (Fsp3) is 0.125. The summed E-state index contributed by atoms with van der Waals surface area (Å²) in [5.74, 6) is -0.279. The molecular weight excluding hydrogens is 362 g/mol. The fourth-order valence-electron chi connectivity index (χ4n) is 3.32. The van der Waals surface area contributed by atoms with Crippen LogP contribution in [0.3, 0.4) is 0 Å². The Hall–Kier alpha value is -3.73. The average molecular weight is 383 g/mol. The quantitative estimate of drug-likeness (QED) is 0.555. The fourth-order valence-corrected chi connectivity index (χ4v) is 3.32. The van der Waals surface area contributed by atoms with E-state index in [4.69, 9.17) is 0 Å². The largest absolute Gasteiger partial charge is 0.350 e. The molecule has 1 amide bonds.